The molecular formula is C13H13N5O2. The van der Waals surface area contributed by atoms with E-state index in [1.807, 2.05) is 23.1 Å². The third kappa shape index (κ3) is 1.93. The Morgan fingerprint density at radius 2 is 2.20 bits per heavy atom. The summed E-state index contributed by atoms with van der Waals surface area (Å²) < 4.78 is 3.84. The molecule has 3 aromatic rings. The average molecular weight is 271 g/mol. The van der Waals surface area contributed by atoms with Crippen LogP contribution < -0.4 is 0 Å². The van der Waals surface area contributed by atoms with E-state index in [2.05, 4.69) is 15.2 Å². The second-order valence-corrected chi connectivity index (χ2v) is 4.61. The van der Waals surface area contributed by atoms with E-state index < -0.39 is 5.97 Å². The Kier molecular flexibility index (Phi) is 2.74. The largest absolute Gasteiger partial charge is 0.478 e. The molecule has 7 heteroatoms. The van der Waals surface area contributed by atoms with Crippen LogP contribution in [0.1, 0.15) is 22.0 Å². The van der Waals surface area contributed by atoms with Crippen molar-refractivity contribution in [3.63, 3.8) is 0 Å². The number of hydrogen-bond donors (Lipinski definition) is 1. The van der Waals surface area contributed by atoms with Gasteiger partial charge in [0.25, 0.3) is 0 Å². The molecule has 1 aromatic carbocycles. The van der Waals surface area contributed by atoms with Crippen LogP contribution in [0.25, 0.3) is 11.0 Å². The fourth-order valence-electron chi connectivity index (χ4n) is 2.17. The smallest absolute Gasteiger partial charge is 0.335 e. The van der Waals surface area contributed by atoms with Crippen molar-refractivity contribution in [1.29, 1.82) is 0 Å². The zero-order valence-electron chi connectivity index (χ0n) is 11.1. The first-order valence-corrected chi connectivity index (χ1v) is 6.09. The first-order chi connectivity index (χ1) is 9.56. The Labute approximate surface area is 114 Å². The van der Waals surface area contributed by atoms with Gasteiger partial charge in [0.1, 0.15) is 12.2 Å². The van der Waals surface area contributed by atoms with Crippen LogP contribution >= 0.6 is 0 Å². The van der Waals surface area contributed by atoms with Gasteiger partial charge in [0.15, 0.2) is 5.82 Å². The van der Waals surface area contributed by atoms with Crippen molar-refractivity contribution >= 4 is 17.0 Å². The van der Waals surface area contributed by atoms with Crippen LogP contribution in [-0.2, 0) is 13.6 Å². The number of rotatable bonds is 3. The summed E-state index contributed by atoms with van der Waals surface area (Å²) in [4.78, 5) is 15.4. The van der Waals surface area contributed by atoms with Crippen molar-refractivity contribution < 1.29 is 9.90 Å². The Balaban J connectivity index is 2.09. The van der Waals surface area contributed by atoms with E-state index in [1.54, 1.807) is 24.5 Å². The molecule has 0 aliphatic rings. The van der Waals surface area contributed by atoms with Crippen molar-refractivity contribution in [1.82, 2.24) is 24.3 Å². The summed E-state index contributed by atoms with van der Waals surface area (Å²) in [6.07, 6.45) is 1.65. The van der Waals surface area contributed by atoms with Crippen LogP contribution in [0, 0.1) is 6.92 Å². The lowest BCUT2D eigenvalue weighted by molar-refractivity contribution is 0.0697. The lowest BCUT2D eigenvalue weighted by Crippen LogP contribution is -2.07. The molecule has 2 heterocycles. The molecule has 20 heavy (non-hydrogen) atoms. The first kappa shape index (κ1) is 12.3. The lowest BCUT2D eigenvalue weighted by Gasteiger charge is -2.06. The minimum Gasteiger partial charge on any atom is -0.478 e. The molecule has 0 saturated heterocycles. The number of carboxylic acids is 1. The van der Waals surface area contributed by atoms with Crippen molar-refractivity contribution in [2.75, 3.05) is 0 Å². The molecule has 0 unspecified atom stereocenters. The second-order valence-electron chi connectivity index (χ2n) is 4.61. The van der Waals surface area contributed by atoms with E-state index in [0.717, 1.165) is 17.2 Å². The third-order valence-corrected chi connectivity index (χ3v) is 3.29. The molecule has 7 nitrogen and oxygen atoms in total. The van der Waals surface area contributed by atoms with E-state index in [0.29, 0.717) is 12.1 Å². The highest BCUT2D eigenvalue weighted by atomic mass is 16.4. The number of benzene rings is 1. The summed E-state index contributed by atoms with van der Waals surface area (Å²) in [5.41, 5.74) is 1.79. The Bertz CT molecular complexity index is 802. The second kappa shape index (κ2) is 4.44. The highest BCUT2D eigenvalue weighted by Gasteiger charge is 2.12. The minimum absolute atomic E-state index is 0.237. The average Bonchev–Trinajstić information content (AvgIpc) is 2.94. The molecule has 0 atom stereocenters. The van der Waals surface area contributed by atoms with Gasteiger partial charge in [-0.3, -0.25) is 0 Å². The lowest BCUT2D eigenvalue weighted by atomic mass is 10.2. The number of imidazole rings is 1. The van der Waals surface area contributed by atoms with Crippen LogP contribution in [0.4, 0.5) is 0 Å². The van der Waals surface area contributed by atoms with E-state index >= 15 is 0 Å². The molecule has 0 bridgehead atoms. The highest BCUT2D eigenvalue weighted by Crippen LogP contribution is 2.18. The molecule has 0 fully saturated rings. The summed E-state index contributed by atoms with van der Waals surface area (Å²) in [5.74, 6) is 0.674. The van der Waals surface area contributed by atoms with Crippen molar-refractivity contribution in [3.8, 4) is 0 Å². The molecule has 3 rings (SSSR count). The number of aromatic carboxylic acids is 1. The zero-order valence-corrected chi connectivity index (χ0v) is 11.1. The van der Waals surface area contributed by atoms with Gasteiger partial charge >= 0.3 is 5.97 Å². The molecule has 0 amide bonds. The number of aromatic nitrogens is 5. The van der Waals surface area contributed by atoms with Gasteiger partial charge in [-0.1, -0.05) is 0 Å². The molecule has 0 spiro atoms. The topological polar surface area (TPSA) is 85.8 Å². The number of fused-ring (bicyclic) bond motifs is 1. The summed E-state index contributed by atoms with van der Waals surface area (Å²) in [6, 6.07) is 4.94. The Morgan fingerprint density at radius 3 is 2.85 bits per heavy atom. The summed E-state index contributed by atoms with van der Waals surface area (Å²) >= 11 is 0. The molecular weight excluding hydrogens is 258 g/mol. The predicted molar refractivity (Wildman–Crippen MR) is 71.5 cm³/mol. The monoisotopic (exact) mass is 271 g/mol. The Morgan fingerprint density at radius 1 is 1.40 bits per heavy atom. The van der Waals surface area contributed by atoms with E-state index in [1.165, 1.54) is 0 Å². The van der Waals surface area contributed by atoms with Gasteiger partial charge in [-0.15, -0.1) is 10.2 Å². The minimum atomic E-state index is -0.951. The van der Waals surface area contributed by atoms with E-state index in [9.17, 15) is 4.79 Å². The van der Waals surface area contributed by atoms with Gasteiger partial charge in [-0.2, -0.15) is 0 Å². The molecule has 0 radical (unpaired) electrons. The van der Waals surface area contributed by atoms with Crippen LogP contribution in [0.5, 0.6) is 0 Å². The maximum atomic E-state index is 11.0. The number of hydrogen-bond acceptors (Lipinski definition) is 4. The fraction of sp³-hybridized carbons (Fsp3) is 0.231. The zero-order chi connectivity index (χ0) is 14.3. The van der Waals surface area contributed by atoms with Gasteiger partial charge in [-0.25, -0.2) is 9.78 Å². The fourth-order valence-corrected chi connectivity index (χ4v) is 2.17. The number of carbonyl (C=O) groups is 1. The summed E-state index contributed by atoms with van der Waals surface area (Å²) in [6.45, 7) is 2.43. The molecule has 0 aliphatic heterocycles. The van der Waals surface area contributed by atoms with Crippen LogP contribution in [0.2, 0.25) is 0 Å². The van der Waals surface area contributed by atoms with Crippen LogP contribution in [0.3, 0.4) is 0 Å². The number of nitrogens with zero attached hydrogens (tertiary/aromatic N) is 5. The normalized spacial score (nSPS) is 11.1. The van der Waals surface area contributed by atoms with Crippen molar-refractivity contribution in [3.05, 3.63) is 41.7 Å². The van der Waals surface area contributed by atoms with Gasteiger partial charge in [0.05, 0.1) is 23.1 Å². The predicted octanol–water partition coefficient (Wildman–Crippen LogP) is 1.22. The number of carboxylic acid groups (broad SMARTS) is 1. The van der Waals surface area contributed by atoms with Crippen molar-refractivity contribution in [2.24, 2.45) is 7.05 Å². The van der Waals surface area contributed by atoms with Gasteiger partial charge in [-0.05, 0) is 25.1 Å². The molecule has 1 N–H and O–H groups in total. The van der Waals surface area contributed by atoms with E-state index in [4.69, 9.17) is 5.11 Å². The molecule has 102 valence electrons. The summed E-state index contributed by atoms with van der Waals surface area (Å²) in [7, 11) is 1.88. The standard InChI is InChI=1S/C13H13N5O2/c1-8-15-10-5-9(13(19)20)3-4-11(10)18(8)6-12-16-14-7-17(12)2/h3-5,7H,6H2,1-2H3,(H,19,20). The highest BCUT2D eigenvalue weighted by molar-refractivity contribution is 5.92. The molecule has 2 aromatic heterocycles. The van der Waals surface area contributed by atoms with Crippen LogP contribution in [-0.4, -0.2) is 35.4 Å². The maximum absolute atomic E-state index is 11.0. The third-order valence-electron chi connectivity index (χ3n) is 3.29. The summed E-state index contributed by atoms with van der Waals surface area (Å²) in [5, 5.41) is 16.9. The maximum Gasteiger partial charge on any atom is 0.335 e. The van der Waals surface area contributed by atoms with Gasteiger partial charge in [0, 0.05) is 7.05 Å². The van der Waals surface area contributed by atoms with Crippen LogP contribution in [0.15, 0.2) is 24.5 Å². The van der Waals surface area contributed by atoms with Gasteiger partial charge < -0.3 is 14.2 Å². The first-order valence-electron chi connectivity index (χ1n) is 6.09. The SMILES string of the molecule is Cc1nc2cc(C(=O)O)ccc2n1Cc1nncn1C. The quantitative estimate of drug-likeness (QED) is 0.774. The van der Waals surface area contributed by atoms with Crippen molar-refractivity contribution in [2.45, 2.75) is 13.5 Å². The molecule has 0 saturated carbocycles. The number of aryl methyl sites for hydroxylation is 2. The Hall–Kier alpha value is -2.70. The van der Waals surface area contributed by atoms with E-state index in [-0.39, 0.29) is 5.56 Å². The van der Waals surface area contributed by atoms with Gasteiger partial charge in [0.2, 0.25) is 0 Å². The molecule has 0 aliphatic carbocycles.